The summed E-state index contributed by atoms with van der Waals surface area (Å²) < 4.78 is 17.0. The Morgan fingerprint density at radius 2 is 1.81 bits per heavy atom. The Labute approximate surface area is 177 Å². The van der Waals surface area contributed by atoms with Crippen molar-refractivity contribution in [2.45, 2.75) is 32.9 Å². The largest absolute Gasteiger partial charge is 0.491 e. The smallest absolute Gasteiger partial charge is 0.193 e. The van der Waals surface area contributed by atoms with Crippen molar-refractivity contribution >= 4 is 35.6 Å². The van der Waals surface area contributed by atoms with E-state index in [0.29, 0.717) is 25.7 Å². The minimum absolute atomic E-state index is 0. The zero-order valence-electron chi connectivity index (χ0n) is 15.6. The lowest BCUT2D eigenvalue weighted by molar-refractivity contribution is 0.242. The molecule has 0 bridgehead atoms. The van der Waals surface area contributed by atoms with E-state index < -0.39 is 0 Å². The number of hydrogen-bond acceptors (Lipinski definition) is 4. The summed E-state index contributed by atoms with van der Waals surface area (Å²) in [5.41, 5.74) is 7.86. The number of nitrogens with two attached hydrogens (primary N) is 1. The van der Waals surface area contributed by atoms with Crippen molar-refractivity contribution in [1.29, 1.82) is 0 Å². The number of rotatable bonds is 5. The molecule has 0 atom stereocenters. The van der Waals surface area contributed by atoms with Gasteiger partial charge in [0.25, 0.3) is 0 Å². The summed E-state index contributed by atoms with van der Waals surface area (Å²) in [5, 5.41) is 3.08. The normalized spacial score (nSPS) is 13.5. The Bertz CT molecular complexity index is 764. The van der Waals surface area contributed by atoms with E-state index in [1.165, 1.54) is 0 Å². The first-order chi connectivity index (χ1) is 12.6. The lowest BCUT2D eigenvalue weighted by Crippen LogP contribution is -2.22. The molecular weight excluding hydrogens is 457 g/mol. The molecule has 3 rings (SSSR count). The van der Waals surface area contributed by atoms with Gasteiger partial charge in [-0.1, -0.05) is 6.07 Å². The van der Waals surface area contributed by atoms with Crippen LogP contribution in [-0.4, -0.2) is 25.3 Å². The first-order valence-corrected chi connectivity index (χ1v) is 8.82. The number of aliphatic imine (C=N–C) groups is 1. The van der Waals surface area contributed by atoms with Gasteiger partial charge in [0.15, 0.2) is 17.5 Å². The van der Waals surface area contributed by atoms with Crippen LogP contribution < -0.4 is 25.3 Å². The maximum Gasteiger partial charge on any atom is 0.193 e. The zero-order chi connectivity index (χ0) is 18.4. The molecule has 6 nitrogen and oxygen atoms in total. The number of fused-ring (bicyclic) bond motifs is 1. The molecule has 7 heteroatoms. The predicted octanol–water partition coefficient (Wildman–Crippen LogP) is 4.18. The highest BCUT2D eigenvalue weighted by Crippen LogP contribution is 2.30. The number of anilines is 1. The lowest BCUT2D eigenvalue weighted by Gasteiger charge is -2.11. The Kier molecular flexibility index (Phi) is 8.02. The molecule has 146 valence electrons. The molecule has 0 amide bonds. The van der Waals surface area contributed by atoms with Crippen LogP contribution in [0.3, 0.4) is 0 Å². The van der Waals surface area contributed by atoms with Crippen LogP contribution in [0.25, 0.3) is 0 Å². The summed E-state index contributed by atoms with van der Waals surface area (Å²) in [4.78, 5) is 4.39. The molecule has 1 aliphatic heterocycles. The topological polar surface area (TPSA) is 78.1 Å². The Morgan fingerprint density at radius 3 is 2.52 bits per heavy atom. The molecule has 0 fully saturated rings. The van der Waals surface area contributed by atoms with Gasteiger partial charge in [0.05, 0.1) is 25.9 Å². The zero-order valence-corrected chi connectivity index (χ0v) is 17.9. The Hall–Kier alpha value is -2.16. The molecular formula is C20H26IN3O3. The number of halogens is 1. The molecule has 0 spiro atoms. The number of guanidine groups is 1. The minimum Gasteiger partial charge on any atom is -0.491 e. The maximum absolute atomic E-state index is 5.99. The first-order valence-electron chi connectivity index (χ1n) is 8.82. The highest BCUT2D eigenvalue weighted by Gasteiger charge is 2.10. The van der Waals surface area contributed by atoms with E-state index in [2.05, 4.69) is 10.3 Å². The van der Waals surface area contributed by atoms with Crippen LogP contribution in [-0.2, 0) is 6.54 Å². The summed E-state index contributed by atoms with van der Waals surface area (Å²) in [6.45, 7) is 5.80. The SMILES string of the molecule is CC(C)Oc1ccc(NC(N)=NCc2ccc3c(c2)OCCCO3)cc1.I. The number of hydrogen-bond donors (Lipinski definition) is 2. The summed E-state index contributed by atoms with van der Waals surface area (Å²) in [7, 11) is 0. The minimum atomic E-state index is 0. The Balaban J connectivity index is 0.00000261. The molecule has 0 aromatic heterocycles. The number of nitrogens with zero attached hydrogens (tertiary/aromatic N) is 1. The molecule has 3 N–H and O–H groups in total. The van der Waals surface area contributed by atoms with Gasteiger partial charge >= 0.3 is 0 Å². The highest BCUT2D eigenvalue weighted by molar-refractivity contribution is 14.0. The van der Waals surface area contributed by atoms with Crippen LogP contribution in [0.15, 0.2) is 47.5 Å². The molecule has 1 aliphatic rings. The molecule has 0 unspecified atom stereocenters. The van der Waals surface area contributed by atoms with E-state index in [4.69, 9.17) is 19.9 Å². The van der Waals surface area contributed by atoms with E-state index in [1.807, 2.05) is 56.3 Å². The standard InChI is InChI=1S/C20H25N3O3.HI/c1-14(2)26-17-7-5-16(6-8-17)23-20(21)22-13-15-4-9-18-19(12-15)25-11-3-10-24-18;/h4-9,12,14H,3,10-11,13H2,1-2H3,(H3,21,22,23);1H. The lowest BCUT2D eigenvalue weighted by atomic mass is 10.2. The van der Waals surface area contributed by atoms with Gasteiger partial charge in [0, 0.05) is 12.1 Å². The van der Waals surface area contributed by atoms with Gasteiger partial charge in [-0.15, -0.1) is 24.0 Å². The molecule has 2 aromatic rings. The molecule has 1 heterocycles. The van der Waals surface area contributed by atoms with Crippen molar-refractivity contribution in [3.8, 4) is 17.2 Å². The molecule has 27 heavy (non-hydrogen) atoms. The van der Waals surface area contributed by atoms with Gasteiger partial charge in [-0.2, -0.15) is 0 Å². The van der Waals surface area contributed by atoms with Crippen molar-refractivity contribution in [3.05, 3.63) is 48.0 Å². The molecule has 2 aromatic carbocycles. The quantitative estimate of drug-likeness (QED) is 0.379. The average Bonchev–Trinajstić information content (AvgIpc) is 2.86. The molecule has 0 saturated carbocycles. The predicted molar refractivity (Wildman–Crippen MR) is 119 cm³/mol. The summed E-state index contributed by atoms with van der Waals surface area (Å²) in [6.07, 6.45) is 1.04. The fraction of sp³-hybridized carbons (Fsp3) is 0.350. The molecule has 0 aliphatic carbocycles. The van der Waals surface area contributed by atoms with Gasteiger partial charge in [-0.3, -0.25) is 0 Å². The molecule has 0 saturated heterocycles. The maximum atomic E-state index is 5.99. The van der Waals surface area contributed by atoms with Gasteiger partial charge in [0.2, 0.25) is 0 Å². The number of ether oxygens (including phenoxy) is 3. The fourth-order valence-electron chi connectivity index (χ4n) is 2.56. The highest BCUT2D eigenvalue weighted by atomic mass is 127. The first kappa shape index (κ1) is 21.1. The summed E-state index contributed by atoms with van der Waals surface area (Å²) in [5.74, 6) is 2.73. The van der Waals surface area contributed by atoms with E-state index in [-0.39, 0.29) is 30.1 Å². The van der Waals surface area contributed by atoms with Crippen molar-refractivity contribution in [2.24, 2.45) is 10.7 Å². The third-order valence-corrected chi connectivity index (χ3v) is 3.74. The Morgan fingerprint density at radius 1 is 1.11 bits per heavy atom. The van der Waals surface area contributed by atoms with E-state index in [9.17, 15) is 0 Å². The van der Waals surface area contributed by atoms with Gasteiger partial charge in [-0.25, -0.2) is 4.99 Å². The van der Waals surface area contributed by atoms with Crippen LogP contribution in [0.4, 0.5) is 5.69 Å². The van der Waals surface area contributed by atoms with Gasteiger partial charge < -0.3 is 25.3 Å². The third-order valence-electron chi connectivity index (χ3n) is 3.74. The third kappa shape index (κ3) is 6.50. The second-order valence-electron chi connectivity index (χ2n) is 6.35. The van der Waals surface area contributed by atoms with Crippen molar-refractivity contribution < 1.29 is 14.2 Å². The van der Waals surface area contributed by atoms with Crippen molar-refractivity contribution in [3.63, 3.8) is 0 Å². The second kappa shape index (κ2) is 10.2. The number of nitrogens with one attached hydrogen (secondary N) is 1. The van der Waals surface area contributed by atoms with Crippen molar-refractivity contribution in [2.75, 3.05) is 18.5 Å². The summed E-state index contributed by atoms with van der Waals surface area (Å²) in [6, 6.07) is 13.5. The van der Waals surface area contributed by atoms with Crippen LogP contribution in [0.1, 0.15) is 25.8 Å². The monoisotopic (exact) mass is 483 g/mol. The van der Waals surface area contributed by atoms with Crippen LogP contribution in [0.2, 0.25) is 0 Å². The second-order valence-corrected chi connectivity index (χ2v) is 6.35. The van der Waals surface area contributed by atoms with E-state index >= 15 is 0 Å². The van der Waals surface area contributed by atoms with Crippen molar-refractivity contribution in [1.82, 2.24) is 0 Å². The van der Waals surface area contributed by atoms with Gasteiger partial charge in [-0.05, 0) is 55.8 Å². The van der Waals surface area contributed by atoms with Crippen LogP contribution >= 0.6 is 24.0 Å². The van der Waals surface area contributed by atoms with Gasteiger partial charge in [0.1, 0.15) is 5.75 Å². The van der Waals surface area contributed by atoms with Crippen LogP contribution in [0.5, 0.6) is 17.2 Å². The summed E-state index contributed by atoms with van der Waals surface area (Å²) >= 11 is 0. The average molecular weight is 483 g/mol. The number of benzene rings is 2. The van der Waals surface area contributed by atoms with E-state index in [1.54, 1.807) is 0 Å². The van der Waals surface area contributed by atoms with E-state index in [0.717, 1.165) is 34.9 Å². The molecule has 0 radical (unpaired) electrons. The fourth-order valence-corrected chi connectivity index (χ4v) is 2.56. The van der Waals surface area contributed by atoms with Crippen LogP contribution in [0, 0.1) is 0 Å².